The van der Waals surface area contributed by atoms with Crippen molar-refractivity contribution in [2.75, 3.05) is 14.2 Å². The first kappa shape index (κ1) is 17.7. The van der Waals surface area contributed by atoms with Crippen LogP contribution in [-0.2, 0) is 0 Å². The third kappa shape index (κ3) is 3.92. The van der Waals surface area contributed by atoms with Gasteiger partial charge in [0.1, 0.15) is 0 Å². The highest BCUT2D eigenvalue weighted by Crippen LogP contribution is 2.27. The molecule has 1 aromatic carbocycles. The highest BCUT2D eigenvalue weighted by atomic mass is 32.1. The van der Waals surface area contributed by atoms with Crippen LogP contribution in [0.4, 0.5) is 0 Å². The van der Waals surface area contributed by atoms with Gasteiger partial charge in [-0.05, 0) is 48.9 Å². The summed E-state index contributed by atoms with van der Waals surface area (Å²) in [6, 6.07) is 11.1. The molecule has 2 heterocycles. The summed E-state index contributed by atoms with van der Waals surface area (Å²) in [6.45, 7) is 2.03. The number of thiophene rings is 1. The molecule has 0 unspecified atom stereocenters. The molecule has 0 bridgehead atoms. The fourth-order valence-corrected chi connectivity index (χ4v) is 3.13. The molecule has 2 aromatic heterocycles. The summed E-state index contributed by atoms with van der Waals surface area (Å²) in [5.74, 6) is 0.824. The highest BCUT2D eigenvalue weighted by Gasteiger charge is 2.11. The van der Waals surface area contributed by atoms with Crippen molar-refractivity contribution in [2.24, 2.45) is 5.10 Å². The topological polar surface area (TPSA) is 88.6 Å². The molecule has 134 valence electrons. The number of rotatable bonds is 6. The zero-order chi connectivity index (χ0) is 18.5. The van der Waals surface area contributed by atoms with Gasteiger partial charge in [0.25, 0.3) is 5.91 Å². The van der Waals surface area contributed by atoms with E-state index in [1.54, 1.807) is 43.8 Å². The second-order valence-electron chi connectivity index (χ2n) is 5.39. The third-order valence-electron chi connectivity index (χ3n) is 3.60. The van der Waals surface area contributed by atoms with Gasteiger partial charge in [-0.2, -0.15) is 10.2 Å². The molecule has 0 radical (unpaired) electrons. The second kappa shape index (κ2) is 7.83. The molecule has 0 spiro atoms. The van der Waals surface area contributed by atoms with Gasteiger partial charge in [-0.25, -0.2) is 5.43 Å². The van der Waals surface area contributed by atoms with Gasteiger partial charge in [-0.15, -0.1) is 11.3 Å². The predicted octanol–water partition coefficient (Wildman–Crippen LogP) is 3.23. The smallest absolute Gasteiger partial charge is 0.291 e. The average Bonchev–Trinajstić information content (AvgIpc) is 3.30. The minimum absolute atomic E-state index is 0.274. The number of benzene rings is 1. The van der Waals surface area contributed by atoms with Crippen LogP contribution in [0.1, 0.15) is 20.9 Å². The van der Waals surface area contributed by atoms with Crippen molar-refractivity contribution in [3.63, 3.8) is 0 Å². The molecule has 0 aliphatic carbocycles. The number of hydrogen-bond acceptors (Lipinski definition) is 6. The molecule has 7 nitrogen and oxygen atoms in total. The lowest BCUT2D eigenvalue weighted by atomic mass is 10.2. The van der Waals surface area contributed by atoms with Gasteiger partial charge >= 0.3 is 0 Å². The number of carbonyl (C=O) groups is 1. The second-order valence-corrected chi connectivity index (χ2v) is 6.68. The van der Waals surface area contributed by atoms with Gasteiger partial charge in [0, 0.05) is 4.88 Å². The van der Waals surface area contributed by atoms with Crippen LogP contribution in [0, 0.1) is 6.92 Å². The van der Waals surface area contributed by atoms with Gasteiger partial charge in [0.15, 0.2) is 17.2 Å². The molecule has 3 rings (SSSR count). The fourth-order valence-electron chi connectivity index (χ4n) is 2.30. The van der Waals surface area contributed by atoms with E-state index in [0.717, 1.165) is 16.1 Å². The zero-order valence-corrected chi connectivity index (χ0v) is 15.4. The highest BCUT2D eigenvalue weighted by molar-refractivity contribution is 7.15. The standard InChI is InChI=1S/C18H18N4O3S/c1-11-4-7-17(26-11)13-9-14(21-20-13)18(23)22-19-10-12-5-6-15(24-2)16(8-12)25-3/h4-10H,1-3H3,(H,20,21)(H,22,23)/b19-10+. The molecule has 0 aliphatic rings. The van der Waals surface area contributed by atoms with Crippen LogP contribution in [0.15, 0.2) is 41.5 Å². The number of aryl methyl sites for hydroxylation is 1. The van der Waals surface area contributed by atoms with Gasteiger partial charge in [-0.1, -0.05) is 0 Å². The van der Waals surface area contributed by atoms with E-state index in [1.165, 1.54) is 11.1 Å². The van der Waals surface area contributed by atoms with E-state index in [2.05, 4.69) is 20.7 Å². The Hall–Kier alpha value is -3.13. The minimum atomic E-state index is -0.391. The molecule has 0 saturated heterocycles. The number of hydrogen-bond donors (Lipinski definition) is 2. The molecule has 0 atom stereocenters. The van der Waals surface area contributed by atoms with E-state index < -0.39 is 5.91 Å². The third-order valence-corrected chi connectivity index (χ3v) is 4.64. The number of nitrogens with one attached hydrogen (secondary N) is 2. The van der Waals surface area contributed by atoms with Crippen molar-refractivity contribution >= 4 is 23.5 Å². The van der Waals surface area contributed by atoms with Gasteiger partial charge in [-0.3, -0.25) is 9.89 Å². The van der Waals surface area contributed by atoms with Crippen LogP contribution in [0.3, 0.4) is 0 Å². The molecular weight excluding hydrogens is 352 g/mol. The minimum Gasteiger partial charge on any atom is -0.493 e. The van der Waals surface area contributed by atoms with Gasteiger partial charge < -0.3 is 9.47 Å². The maximum Gasteiger partial charge on any atom is 0.291 e. The fraction of sp³-hybridized carbons (Fsp3) is 0.167. The summed E-state index contributed by atoms with van der Waals surface area (Å²) < 4.78 is 10.4. The molecule has 3 aromatic rings. The van der Waals surface area contributed by atoms with E-state index in [-0.39, 0.29) is 5.69 Å². The monoisotopic (exact) mass is 370 g/mol. The van der Waals surface area contributed by atoms with Crippen molar-refractivity contribution in [3.8, 4) is 22.1 Å². The summed E-state index contributed by atoms with van der Waals surface area (Å²) in [7, 11) is 3.13. The Morgan fingerprint density at radius 1 is 1.19 bits per heavy atom. The number of H-pyrrole nitrogens is 1. The SMILES string of the molecule is COc1ccc(/C=N/NC(=O)c2cc(-c3ccc(C)s3)[nH]n2)cc1OC. The molecule has 0 aliphatic heterocycles. The van der Waals surface area contributed by atoms with Gasteiger partial charge in [0.2, 0.25) is 0 Å². The number of nitrogens with zero attached hydrogens (tertiary/aromatic N) is 2. The summed E-state index contributed by atoms with van der Waals surface area (Å²) in [4.78, 5) is 14.4. The number of hydrazone groups is 1. The quantitative estimate of drug-likeness (QED) is 0.515. The predicted molar refractivity (Wildman–Crippen MR) is 101 cm³/mol. The average molecular weight is 370 g/mol. The van der Waals surface area contributed by atoms with Crippen molar-refractivity contribution in [2.45, 2.75) is 6.92 Å². The molecule has 26 heavy (non-hydrogen) atoms. The molecule has 2 N–H and O–H groups in total. The lowest BCUT2D eigenvalue weighted by Gasteiger charge is -2.07. The maximum atomic E-state index is 12.2. The summed E-state index contributed by atoms with van der Waals surface area (Å²) in [5, 5.41) is 10.9. The van der Waals surface area contributed by atoms with Crippen LogP contribution in [0.5, 0.6) is 11.5 Å². The van der Waals surface area contributed by atoms with Crippen molar-refractivity contribution < 1.29 is 14.3 Å². The molecule has 8 heteroatoms. The van der Waals surface area contributed by atoms with E-state index in [0.29, 0.717) is 11.5 Å². The Balaban J connectivity index is 1.65. The van der Waals surface area contributed by atoms with E-state index in [1.807, 2.05) is 25.1 Å². The van der Waals surface area contributed by atoms with E-state index in [4.69, 9.17) is 9.47 Å². The van der Waals surface area contributed by atoms with Crippen LogP contribution in [0.2, 0.25) is 0 Å². The number of aromatic nitrogens is 2. The molecule has 1 amide bonds. The Bertz CT molecular complexity index is 946. The van der Waals surface area contributed by atoms with Crippen LogP contribution in [-0.4, -0.2) is 36.5 Å². The Labute approximate surface area is 154 Å². The van der Waals surface area contributed by atoms with E-state index >= 15 is 0 Å². The van der Waals surface area contributed by atoms with Gasteiger partial charge in [0.05, 0.1) is 31.0 Å². The van der Waals surface area contributed by atoms with Crippen LogP contribution in [0.25, 0.3) is 10.6 Å². The largest absolute Gasteiger partial charge is 0.493 e. The van der Waals surface area contributed by atoms with Crippen molar-refractivity contribution in [3.05, 3.63) is 52.5 Å². The zero-order valence-electron chi connectivity index (χ0n) is 14.6. The summed E-state index contributed by atoms with van der Waals surface area (Å²) >= 11 is 1.63. The number of ether oxygens (including phenoxy) is 2. The Kier molecular flexibility index (Phi) is 5.33. The molecule has 0 saturated carbocycles. The lowest BCUT2D eigenvalue weighted by molar-refractivity contribution is 0.0950. The first-order chi connectivity index (χ1) is 12.6. The van der Waals surface area contributed by atoms with Crippen molar-refractivity contribution in [1.29, 1.82) is 0 Å². The first-order valence-corrected chi connectivity index (χ1v) is 8.60. The number of methoxy groups -OCH3 is 2. The first-order valence-electron chi connectivity index (χ1n) is 7.78. The number of aromatic amines is 1. The number of amides is 1. The van der Waals surface area contributed by atoms with Crippen molar-refractivity contribution in [1.82, 2.24) is 15.6 Å². The normalized spacial score (nSPS) is 10.9. The van der Waals surface area contributed by atoms with Crippen LogP contribution < -0.4 is 14.9 Å². The molecular formula is C18H18N4O3S. The lowest BCUT2D eigenvalue weighted by Crippen LogP contribution is -2.18. The van der Waals surface area contributed by atoms with Crippen LogP contribution >= 0.6 is 11.3 Å². The molecule has 0 fully saturated rings. The van der Waals surface area contributed by atoms with E-state index in [9.17, 15) is 4.79 Å². The summed E-state index contributed by atoms with van der Waals surface area (Å²) in [6.07, 6.45) is 1.52. The number of carbonyl (C=O) groups excluding carboxylic acids is 1. The Morgan fingerprint density at radius 2 is 2.00 bits per heavy atom. The Morgan fingerprint density at radius 3 is 2.69 bits per heavy atom. The summed E-state index contributed by atoms with van der Waals surface area (Å²) in [5.41, 5.74) is 4.30. The maximum absolute atomic E-state index is 12.2.